The van der Waals surface area contributed by atoms with Crippen LogP contribution in [0.1, 0.15) is 0 Å². The Kier molecular flexibility index (Phi) is 966. The zero-order valence-electron chi connectivity index (χ0n) is 2.92. The number of rotatable bonds is 0. The quantitative estimate of drug-likeness (QED) is 0.295. The molecule has 0 atom stereocenters. The first kappa shape index (κ1) is 94.8. The molecule has 0 fully saturated rings. The Morgan fingerprint density at radius 1 is 0.500 bits per heavy atom. The predicted molar refractivity (Wildman–Crippen MR) is 0 cm³/mol. The third kappa shape index (κ3) is 36.6. The van der Waals surface area contributed by atoms with Crippen LogP contribution < -0.4 is 48.4 Å². The molecule has 0 saturated carbocycles. The Bertz CT molecular complexity index is 7.51. The minimum atomic E-state index is 0. The second kappa shape index (κ2) is 61.2. The molecule has 0 aromatic heterocycles. The summed E-state index contributed by atoms with van der Waals surface area (Å²) < 4.78 is 0. The third-order valence-corrected chi connectivity index (χ3v) is 0. The molecule has 0 aliphatic heterocycles. The van der Waals surface area contributed by atoms with E-state index in [2.05, 4.69) is 0 Å². The Labute approximate surface area is 87.3 Å². The van der Waals surface area contributed by atoms with Gasteiger partial charge in [0.05, 0.1) is 0 Å². The molecule has 0 saturated heterocycles. The minimum Gasteiger partial charge on any atom is -1.00 e. The van der Waals surface area contributed by atoms with Crippen LogP contribution in [0.15, 0.2) is 0 Å². The fourth-order valence-corrected chi connectivity index (χ4v) is 0. The van der Waals surface area contributed by atoms with Gasteiger partial charge in [0.2, 0.25) is 0 Å². The van der Waals surface area contributed by atoms with Crippen molar-refractivity contribution in [3.63, 3.8) is 0 Å². The van der Waals surface area contributed by atoms with E-state index in [9.17, 15) is 0 Å². The zero-order chi connectivity index (χ0) is 0. The summed E-state index contributed by atoms with van der Waals surface area (Å²) in [5.41, 5.74) is 0. The number of hydrogen-bond donors (Lipinski definition) is 0. The molecule has 0 rings (SSSR count). The smallest absolute Gasteiger partial charge is 1.00 e. The Morgan fingerprint density at radius 3 is 0.500 bits per heavy atom. The molecule has 0 nitrogen and oxygen atoms in total. The fraction of sp³-hybridized carbons (Fsp3) is 0. The van der Waals surface area contributed by atoms with E-state index in [1.165, 1.54) is 0 Å². The summed E-state index contributed by atoms with van der Waals surface area (Å²) in [5, 5.41) is 0. The second-order valence-corrected chi connectivity index (χ2v) is 0. The van der Waals surface area contributed by atoms with Crippen molar-refractivity contribution in [2.75, 3.05) is 0 Å². The Morgan fingerprint density at radius 2 is 0.500 bits per heavy atom. The van der Waals surface area contributed by atoms with Crippen LogP contribution in [-0.4, -0.2) is 0 Å². The zero-order valence-corrected chi connectivity index (χ0v) is 7.54. The van der Waals surface area contributed by atoms with Crippen LogP contribution in [0.2, 0.25) is 0 Å². The van der Waals surface area contributed by atoms with Gasteiger partial charge >= 0.3 is 69.9 Å². The maximum Gasteiger partial charge on any atom is 3.00 e. The molecule has 35 valence electrons. The van der Waals surface area contributed by atoms with Crippen LogP contribution in [-0.2, 0) is 0 Å². The van der Waals surface area contributed by atoms with Crippen LogP contribution >= 0.6 is 0 Å². The molecule has 0 N–H and O–H groups in total. The van der Waals surface area contributed by atoms with Gasteiger partial charge in [0.15, 0.2) is 0 Å². The molecule has 0 aromatic rings. The van der Waals surface area contributed by atoms with Crippen molar-refractivity contribution in [2.24, 2.45) is 0 Å². The van der Waals surface area contributed by atoms with Crippen molar-refractivity contribution in [1.29, 1.82) is 0 Å². The van der Waals surface area contributed by atoms with Gasteiger partial charge in [-0.05, 0) is 0 Å². The Balaban J connectivity index is 0. The third-order valence-electron chi connectivity index (χ3n) is 0. The molecule has 0 aliphatic rings. The van der Waals surface area contributed by atoms with Gasteiger partial charge in [-0.15, -0.1) is 0 Å². The molecule has 0 unspecified atom stereocenters. The summed E-state index contributed by atoms with van der Waals surface area (Å²) >= 11 is 0. The van der Waals surface area contributed by atoms with E-state index in [0.717, 1.165) is 0 Å². The van der Waals surface area contributed by atoms with Gasteiger partial charge in [0.25, 0.3) is 0 Å². The average molecular weight is 249 g/mol. The van der Waals surface area contributed by atoms with Crippen molar-refractivity contribution in [3.8, 4) is 0 Å². The summed E-state index contributed by atoms with van der Waals surface area (Å²) in [6.45, 7) is 0. The van der Waals surface area contributed by atoms with Gasteiger partial charge in [-0.2, -0.15) is 0 Å². The molecule has 0 spiro atoms. The summed E-state index contributed by atoms with van der Waals surface area (Å²) in [6, 6.07) is 0. The first-order chi connectivity index (χ1) is 0. The molecule has 6 heavy (non-hydrogen) atoms. The van der Waals surface area contributed by atoms with Gasteiger partial charge in [0.1, 0.15) is 0 Å². The fourth-order valence-electron chi connectivity index (χ4n) is 0. The minimum absolute atomic E-state index is 0. The first-order valence-electron chi connectivity index (χ1n) is 0. The number of halogens is 4. The van der Waals surface area contributed by atoms with Crippen molar-refractivity contribution < 1.29 is 88.8 Å². The van der Waals surface area contributed by atoms with Gasteiger partial charge in [-0.1, -0.05) is 0 Å². The molecule has 0 amide bonds. The summed E-state index contributed by atoms with van der Waals surface area (Å²) in [6.07, 6.45) is 0. The predicted octanol–water partition coefficient (Wildman–Crippen LogP) is -15.0. The van der Waals surface area contributed by atoms with E-state index in [1.807, 2.05) is 0 Å². The van der Waals surface area contributed by atoms with Gasteiger partial charge < -0.3 is 18.8 Å². The molecule has 1 radical (unpaired) electrons. The molecule has 0 bridgehead atoms. The summed E-state index contributed by atoms with van der Waals surface area (Å²) in [7, 11) is 0. The van der Waals surface area contributed by atoms with E-state index in [0.29, 0.717) is 0 Å². The van der Waals surface area contributed by atoms with Crippen molar-refractivity contribution in [1.82, 2.24) is 0 Å². The van der Waals surface area contributed by atoms with Gasteiger partial charge in [-0.25, -0.2) is 0 Å². The molecular weight excluding hydrogens is 249 g/mol. The van der Waals surface area contributed by atoms with E-state index in [1.54, 1.807) is 0 Å². The largest absolute Gasteiger partial charge is 3.00 e. The Hall–Kier alpha value is 2.06. The topological polar surface area (TPSA) is 0 Å². The van der Waals surface area contributed by atoms with Crippen LogP contribution in [0, 0.1) is 40.4 Å². The van der Waals surface area contributed by atoms with Crippen LogP contribution in [0.4, 0.5) is 0 Å². The standard InChI is InChI=1S/4FH.Na.Sm/h4*1H;;/q;;;;+1;+3/p-4. The van der Waals surface area contributed by atoms with Crippen LogP contribution in [0.5, 0.6) is 0 Å². The number of hydrogen-bond acceptors (Lipinski definition) is 0. The molecule has 0 heterocycles. The van der Waals surface area contributed by atoms with E-state index in [4.69, 9.17) is 0 Å². The maximum atomic E-state index is 0. The van der Waals surface area contributed by atoms with Crippen molar-refractivity contribution in [3.05, 3.63) is 0 Å². The first-order valence-corrected chi connectivity index (χ1v) is 0. The SMILES string of the molecule is [F-].[F-].[F-].[F-].[Na+].[Sm+3]. The van der Waals surface area contributed by atoms with Gasteiger partial charge in [-0.3, -0.25) is 0 Å². The van der Waals surface area contributed by atoms with Crippen molar-refractivity contribution in [2.45, 2.75) is 0 Å². The van der Waals surface area contributed by atoms with E-state index in [-0.39, 0.29) is 88.8 Å². The van der Waals surface area contributed by atoms with Crippen LogP contribution in [0.25, 0.3) is 0 Å². The normalized spacial score (nSPS) is 0. The average Bonchev–Trinajstić information content (AvgIpc) is 0. The molecule has 0 aliphatic carbocycles. The summed E-state index contributed by atoms with van der Waals surface area (Å²) in [5.74, 6) is 0. The summed E-state index contributed by atoms with van der Waals surface area (Å²) in [4.78, 5) is 0. The van der Waals surface area contributed by atoms with Crippen molar-refractivity contribution >= 4 is 0 Å². The molecule has 0 aromatic carbocycles. The molecule has 6 heteroatoms. The molecular formula is F4NaSm. The van der Waals surface area contributed by atoms with Gasteiger partial charge in [0, 0.05) is 0 Å². The van der Waals surface area contributed by atoms with E-state index < -0.39 is 0 Å². The van der Waals surface area contributed by atoms with Crippen LogP contribution in [0.3, 0.4) is 0 Å². The second-order valence-electron chi connectivity index (χ2n) is 0. The maximum absolute atomic E-state index is 0. The monoisotopic (exact) mass is 251 g/mol. The van der Waals surface area contributed by atoms with E-state index >= 15 is 0 Å².